The van der Waals surface area contributed by atoms with Crippen molar-refractivity contribution >= 4 is 28.3 Å². The quantitative estimate of drug-likeness (QED) is 0.921. The normalized spacial score (nSPS) is 15.0. The number of rotatable bonds is 3. The Morgan fingerprint density at radius 3 is 2.86 bits per heavy atom. The number of carbonyl (C=O) groups excluding carboxylic acids is 1. The van der Waals surface area contributed by atoms with Crippen molar-refractivity contribution in [1.29, 1.82) is 0 Å². The van der Waals surface area contributed by atoms with Gasteiger partial charge in [-0.15, -0.1) is 11.3 Å². The number of hydrogen-bond acceptors (Lipinski definition) is 7. The minimum absolute atomic E-state index is 0.240. The Balaban J connectivity index is 1.75. The molecule has 0 aliphatic carbocycles. The largest absolute Gasteiger partial charge is 0.378 e. The first-order valence-corrected chi connectivity index (χ1v) is 7.49. The molecule has 8 heteroatoms. The molecule has 0 aromatic carbocycles. The summed E-state index contributed by atoms with van der Waals surface area (Å²) < 4.78 is 5.30. The summed E-state index contributed by atoms with van der Waals surface area (Å²) in [4.78, 5) is 27.0. The summed E-state index contributed by atoms with van der Waals surface area (Å²) in [6.45, 7) is 4.69. The minimum Gasteiger partial charge on any atom is -0.378 e. The van der Waals surface area contributed by atoms with Crippen molar-refractivity contribution in [3.63, 3.8) is 0 Å². The lowest BCUT2D eigenvalue weighted by atomic mass is 10.2. The predicted molar refractivity (Wildman–Crippen MR) is 79.9 cm³/mol. The van der Waals surface area contributed by atoms with E-state index >= 15 is 0 Å². The SMILES string of the molecule is Cc1nc(N2CCOCC2)ncc1C(=O)Nc1nccs1. The molecule has 110 valence electrons. The minimum atomic E-state index is -0.240. The highest BCUT2D eigenvalue weighted by molar-refractivity contribution is 7.13. The second kappa shape index (κ2) is 6.15. The number of hydrogen-bond donors (Lipinski definition) is 1. The third-order valence-corrected chi connectivity index (χ3v) is 3.85. The molecule has 0 unspecified atom stereocenters. The molecule has 1 amide bonds. The third kappa shape index (κ3) is 3.17. The number of nitrogens with zero attached hydrogens (tertiary/aromatic N) is 4. The fourth-order valence-electron chi connectivity index (χ4n) is 2.04. The van der Waals surface area contributed by atoms with E-state index in [0.29, 0.717) is 35.6 Å². The zero-order chi connectivity index (χ0) is 14.7. The van der Waals surface area contributed by atoms with E-state index in [4.69, 9.17) is 4.74 Å². The molecule has 0 radical (unpaired) electrons. The van der Waals surface area contributed by atoms with Gasteiger partial charge >= 0.3 is 0 Å². The van der Waals surface area contributed by atoms with Crippen molar-refractivity contribution in [2.75, 3.05) is 36.5 Å². The second-order valence-corrected chi connectivity index (χ2v) is 5.45. The molecule has 2 aromatic heterocycles. The molecule has 1 fully saturated rings. The van der Waals surface area contributed by atoms with E-state index in [1.54, 1.807) is 17.8 Å². The first-order valence-electron chi connectivity index (χ1n) is 6.61. The summed E-state index contributed by atoms with van der Waals surface area (Å²) in [6.07, 6.45) is 3.21. The number of anilines is 2. The molecule has 0 bridgehead atoms. The van der Waals surface area contributed by atoms with E-state index in [0.717, 1.165) is 13.1 Å². The summed E-state index contributed by atoms with van der Waals surface area (Å²) in [5.41, 5.74) is 1.11. The fourth-order valence-corrected chi connectivity index (χ4v) is 2.57. The van der Waals surface area contributed by atoms with Crippen molar-refractivity contribution in [2.45, 2.75) is 6.92 Å². The molecule has 3 rings (SSSR count). The van der Waals surface area contributed by atoms with Crippen LogP contribution in [0.5, 0.6) is 0 Å². The number of ether oxygens (including phenoxy) is 1. The van der Waals surface area contributed by atoms with Gasteiger partial charge in [0, 0.05) is 30.9 Å². The van der Waals surface area contributed by atoms with Crippen LogP contribution in [0.15, 0.2) is 17.8 Å². The highest BCUT2D eigenvalue weighted by Crippen LogP contribution is 2.16. The highest BCUT2D eigenvalue weighted by Gasteiger charge is 2.17. The maximum absolute atomic E-state index is 12.2. The predicted octanol–water partition coefficient (Wildman–Crippen LogP) is 1.33. The number of morpholine rings is 1. The van der Waals surface area contributed by atoms with E-state index < -0.39 is 0 Å². The van der Waals surface area contributed by atoms with Crippen LogP contribution in [0.3, 0.4) is 0 Å². The lowest BCUT2D eigenvalue weighted by molar-refractivity contribution is 0.102. The van der Waals surface area contributed by atoms with Crippen LogP contribution in [0.1, 0.15) is 16.1 Å². The highest BCUT2D eigenvalue weighted by atomic mass is 32.1. The van der Waals surface area contributed by atoms with Gasteiger partial charge in [0.1, 0.15) is 0 Å². The van der Waals surface area contributed by atoms with Gasteiger partial charge in [0.2, 0.25) is 5.95 Å². The van der Waals surface area contributed by atoms with Gasteiger partial charge in [-0.3, -0.25) is 10.1 Å². The van der Waals surface area contributed by atoms with Gasteiger partial charge in [0.05, 0.1) is 24.5 Å². The molecule has 1 saturated heterocycles. The third-order valence-electron chi connectivity index (χ3n) is 3.16. The van der Waals surface area contributed by atoms with E-state index in [2.05, 4.69) is 25.2 Å². The Morgan fingerprint density at radius 2 is 2.19 bits per heavy atom. The summed E-state index contributed by atoms with van der Waals surface area (Å²) in [5, 5.41) is 5.11. The Morgan fingerprint density at radius 1 is 1.38 bits per heavy atom. The van der Waals surface area contributed by atoms with E-state index in [1.807, 2.05) is 6.92 Å². The van der Waals surface area contributed by atoms with Gasteiger partial charge in [-0.05, 0) is 6.92 Å². The van der Waals surface area contributed by atoms with Gasteiger partial charge < -0.3 is 9.64 Å². The Kier molecular flexibility index (Phi) is 4.07. The van der Waals surface area contributed by atoms with Crippen LogP contribution in [0.4, 0.5) is 11.1 Å². The van der Waals surface area contributed by atoms with Gasteiger partial charge in [0.15, 0.2) is 5.13 Å². The van der Waals surface area contributed by atoms with Crippen molar-refractivity contribution in [1.82, 2.24) is 15.0 Å². The lowest BCUT2D eigenvalue weighted by Gasteiger charge is -2.26. The molecule has 0 atom stereocenters. The standard InChI is InChI=1S/C13H15N5O2S/c1-9-10(11(19)17-13-14-2-7-21-13)8-15-12(16-9)18-3-5-20-6-4-18/h2,7-8H,3-6H2,1H3,(H,14,17,19). The number of thiazole rings is 1. The first-order chi connectivity index (χ1) is 10.2. The summed E-state index contributed by atoms with van der Waals surface area (Å²) >= 11 is 1.37. The molecule has 0 spiro atoms. The van der Waals surface area contributed by atoms with Crippen LogP contribution >= 0.6 is 11.3 Å². The fraction of sp³-hybridized carbons (Fsp3) is 0.385. The number of nitrogens with one attached hydrogen (secondary N) is 1. The molecular formula is C13H15N5O2S. The Bertz CT molecular complexity index is 625. The van der Waals surface area contributed by atoms with Crippen LogP contribution in [-0.4, -0.2) is 47.2 Å². The van der Waals surface area contributed by atoms with E-state index in [-0.39, 0.29) is 5.91 Å². The van der Waals surface area contributed by atoms with Crippen LogP contribution in [0.2, 0.25) is 0 Å². The summed E-state index contributed by atoms with van der Waals surface area (Å²) in [5.74, 6) is 0.401. The number of amides is 1. The van der Waals surface area contributed by atoms with Crippen molar-refractivity contribution in [2.24, 2.45) is 0 Å². The monoisotopic (exact) mass is 305 g/mol. The molecule has 1 aliphatic rings. The van der Waals surface area contributed by atoms with Gasteiger partial charge in [-0.2, -0.15) is 0 Å². The molecule has 7 nitrogen and oxygen atoms in total. The van der Waals surface area contributed by atoms with Crippen LogP contribution in [0, 0.1) is 6.92 Å². The maximum Gasteiger partial charge on any atom is 0.260 e. The topological polar surface area (TPSA) is 80.2 Å². The smallest absolute Gasteiger partial charge is 0.260 e. The van der Waals surface area contributed by atoms with E-state index in [9.17, 15) is 4.79 Å². The number of carbonyl (C=O) groups is 1. The molecular weight excluding hydrogens is 290 g/mol. The van der Waals surface area contributed by atoms with Crippen molar-refractivity contribution in [3.05, 3.63) is 29.0 Å². The Labute approximate surface area is 126 Å². The average Bonchev–Trinajstić information content (AvgIpc) is 3.01. The molecule has 0 saturated carbocycles. The van der Waals surface area contributed by atoms with Gasteiger partial charge in [-0.1, -0.05) is 0 Å². The molecule has 3 heterocycles. The van der Waals surface area contributed by atoms with Gasteiger partial charge in [0.25, 0.3) is 5.91 Å². The molecule has 1 N–H and O–H groups in total. The second-order valence-electron chi connectivity index (χ2n) is 4.56. The molecule has 2 aromatic rings. The van der Waals surface area contributed by atoms with Crippen LogP contribution in [-0.2, 0) is 4.74 Å². The van der Waals surface area contributed by atoms with Gasteiger partial charge in [-0.25, -0.2) is 15.0 Å². The average molecular weight is 305 g/mol. The first kappa shape index (κ1) is 13.9. The zero-order valence-electron chi connectivity index (χ0n) is 11.6. The summed E-state index contributed by atoms with van der Waals surface area (Å²) in [7, 11) is 0. The Hall–Kier alpha value is -2.06. The number of aromatic nitrogens is 3. The van der Waals surface area contributed by atoms with E-state index in [1.165, 1.54) is 11.3 Å². The summed E-state index contributed by atoms with van der Waals surface area (Å²) in [6, 6.07) is 0. The molecule has 1 aliphatic heterocycles. The zero-order valence-corrected chi connectivity index (χ0v) is 12.4. The van der Waals surface area contributed by atoms with Crippen molar-refractivity contribution in [3.8, 4) is 0 Å². The number of aryl methyl sites for hydroxylation is 1. The van der Waals surface area contributed by atoms with Crippen LogP contribution in [0.25, 0.3) is 0 Å². The molecule has 21 heavy (non-hydrogen) atoms. The van der Waals surface area contributed by atoms with Crippen LogP contribution < -0.4 is 10.2 Å². The lowest BCUT2D eigenvalue weighted by Crippen LogP contribution is -2.37. The van der Waals surface area contributed by atoms with Crippen molar-refractivity contribution < 1.29 is 9.53 Å². The maximum atomic E-state index is 12.2.